The Hall–Kier alpha value is -3.55. The van der Waals surface area contributed by atoms with Gasteiger partial charge in [0.2, 0.25) is 10.0 Å². The van der Waals surface area contributed by atoms with E-state index in [-0.39, 0.29) is 58.4 Å². The molecule has 1 aromatic heterocycles. The van der Waals surface area contributed by atoms with Gasteiger partial charge >= 0.3 is 0 Å². The molecule has 4 aromatic rings. The molecule has 1 aliphatic rings. The number of anilines is 1. The first-order valence-corrected chi connectivity index (χ1v) is 16.2. The number of ether oxygens (including phenoxy) is 1. The maximum atomic E-state index is 13.8. The van der Waals surface area contributed by atoms with E-state index in [9.17, 15) is 23.1 Å². The first-order chi connectivity index (χ1) is 20.5. The van der Waals surface area contributed by atoms with Gasteiger partial charge in [0, 0.05) is 24.5 Å². The minimum Gasteiger partial charge on any atom is -0.486 e. The van der Waals surface area contributed by atoms with Gasteiger partial charge in [0.25, 0.3) is 11.8 Å². The molecule has 0 saturated carbocycles. The number of amides is 2. The van der Waals surface area contributed by atoms with Gasteiger partial charge in [0.1, 0.15) is 6.10 Å². The molecule has 0 spiro atoms. The molecule has 10 nitrogen and oxygen atoms in total. The number of nitrogens with zero attached hydrogens (tertiary/aromatic N) is 3. The molecule has 2 amide bonds. The number of sulfonamides is 1. The normalized spacial score (nSPS) is 18.1. The summed E-state index contributed by atoms with van der Waals surface area (Å²) >= 11 is 7.20. The number of hydrogen-bond acceptors (Lipinski definition) is 8. The summed E-state index contributed by atoms with van der Waals surface area (Å²) in [6.07, 6.45) is -0.729. The fourth-order valence-electron chi connectivity index (χ4n) is 4.84. The molecule has 13 heteroatoms. The monoisotopic (exact) mass is 642 g/mol. The van der Waals surface area contributed by atoms with Gasteiger partial charge in [-0.3, -0.25) is 9.59 Å². The summed E-state index contributed by atoms with van der Waals surface area (Å²) in [6, 6.07) is 17.6. The SMILES string of the molecule is C[C@H](CO)N1C[C@H](C)[C@H](CN(C)S(=O)(=O)c2ccc(Cl)cc2)Oc2c(NC(=O)c3nc4ccccc4s3)cccc2C1=O. The maximum absolute atomic E-state index is 13.8. The van der Waals surface area contributed by atoms with Crippen molar-refractivity contribution in [1.82, 2.24) is 14.2 Å². The van der Waals surface area contributed by atoms with Gasteiger partial charge in [0.15, 0.2) is 10.8 Å². The fourth-order valence-corrected chi connectivity index (χ4v) is 7.01. The molecular formula is C30H31ClN4O6S2. The summed E-state index contributed by atoms with van der Waals surface area (Å²) in [5, 5.41) is 13.4. The lowest BCUT2D eigenvalue weighted by Crippen LogP contribution is -2.50. The Kier molecular flexibility index (Phi) is 9.04. The van der Waals surface area contributed by atoms with Crippen molar-refractivity contribution >= 4 is 60.7 Å². The Morgan fingerprint density at radius 2 is 1.91 bits per heavy atom. The van der Waals surface area contributed by atoms with Crippen molar-refractivity contribution < 1.29 is 27.9 Å². The van der Waals surface area contributed by atoms with Crippen LogP contribution in [0.5, 0.6) is 5.75 Å². The van der Waals surface area contributed by atoms with Crippen LogP contribution in [0.4, 0.5) is 5.69 Å². The van der Waals surface area contributed by atoms with Crippen molar-refractivity contribution in [2.45, 2.75) is 30.9 Å². The number of benzene rings is 3. The number of aromatic nitrogens is 1. The Morgan fingerprint density at radius 1 is 1.19 bits per heavy atom. The summed E-state index contributed by atoms with van der Waals surface area (Å²) in [6.45, 7) is 3.48. The molecular weight excluding hydrogens is 612 g/mol. The van der Waals surface area contributed by atoms with E-state index in [0.717, 1.165) is 4.70 Å². The number of nitrogens with one attached hydrogen (secondary N) is 1. The largest absolute Gasteiger partial charge is 0.486 e. The highest BCUT2D eigenvalue weighted by atomic mass is 35.5. The standard InChI is InChI=1S/C30H31ClN4O6S2/c1-18-15-35(19(2)17-36)30(38)22-7-6-9-24(32-28(37)29-33-23-8-4-5-10-26(23)42-29)27(22)41-25(18)16-34(3)43(39,40)21-13-11-20(31)12-14-21/h4-14,18-19,25,36H,15-17H2,1-3H3,(H,32,37)/t18-,19+,25-/m0/s1. The summed E-state index contributed by atoms with van der Waals surface area (Å²) in [4.78, 5) is 33.1. The van der Waals surface area contributed by atoms with Crippen molar-refractivity contribution in [3.05, 3.63) is 82.3 Å². The van der Waals surface area contributed by atoms with Crippen LogP contribution in [-0.2, 0) is 10.0 Å². The van der Waals surface area contributed by atoms with Crippen molar-refractivity contribution in [1.29, 1.82) is 0 Å². The van der Waals surface area contributed by atoms with E-state index >= 15 is 0 Å². The first kappa shape index (κ1) is 30.9. The van der Waals surface area contributed by atoms with E-state index in [1.807, 2.05) is 31.2 Å². The molecule has 0 radical (unpaired) electrons. The van der Waals surface area contributed by atoms with Gasteiger partial charge < -0.3 is 20.1 Å². The average Bonchev–Trinajstić information content (AvgIpc) is 3.44. The fraction of sp³-hybridized carbons (Fsp3) is 0.300. The molecule has 2 heterocycles. The number of carbonyl (C=O) groups is 2. The Bertz CT molecular complexity index is 1730. The molecule has 5 rings (SSSR count). The molecule has 3 atom stereocenters. The quantitative estimate of drug-likeness (QED) is 0.284. The van der Waals surface area contributed by atoms with Crippen LogP contribution in [-0.4, -0.2) is 78.4 Å². The number of halogens is 1. The molecule has 0 aliphatic carbocycles. The number of para-hydroxylation sites is 2. The Morgan fingerprint density at radius 3 is 2.60 bits per heavy atom. The van der Waals surface area contributed by atoms with Gasteiger partial charge in [-0.1, -0.05) is 36.7 Å². The third-order valence-electron chi connectivity index (χ3n) is 7.39. The van der Waals surface area contributed by atoms with E-state index in [2.05, 4.69) is 10.3 Å². The zero-order valence-corrected chi connectivity index (χ0v) is 26.1. The lowest BCUT2D eigenvalue weighted by Gasteiger charge is -2.38. The van der Waals surface area contributed by atoms with Crippen LogP contribution in [0.3, 0.4) is 0 Å². The third-order valence-corrected chi connectivity index (χ3v) is 10.5. The molecule has 0 saturated heterocycles. The van der Waals surface area contributed by atoms with Crippen molar-refractivity contribution in [2.75, 3.05) is 32.1 Å². The summed E-state index contributed by atoms with van der Waals surface area (Å²) in [5.74, 6) is -1.09. The molecule has 0 bridgehead atoms. The van der Waals surface area contributed by atoms with Crippen LogP contribution >= 0.6 is 22.9 Å². The van der Waals surface area contributed by atoms with Crippen molar-refractivity contribution in [2.24, 2.45) is 5.92 Å². The van der Waals surface area contributed by atoms with Gasteiger partial charge in [-0.15, -0.1) is 11.3 Å². The average molecular weight is 643 g/mol. The number of aliphatic hydroxyl groups is 1. The van der Waals surface area contributed by atoms with Gasteiger partial charge in [-0.25, -0.2) is 13.4 Å². The summed E-state index contributed by atoms with van der Waals surface area (Å²) in [5.41, 5.74) is 1.12. The van der Waals surface area contributed by atoms with Gasteiger partial charge in [-0.05, 0) is 55.5 Å². The smallest absolute Gasteiger partial charge is 0.284 e. The predicted octanol–water partition coefficient (Wildman–Crippen LogP) is 4.74. The minimum absolute atomic E-state index is 0.0543. The summed E-state index contributed by atoms with van der Waals surface area (Å²) in [7, 11) is -2.44. The first-order valence-electron chi connectivity index (χ1n) is 13.6. The Balaban J connectivity index is 1.51. The van der Waals surface area contributed by atoms with Crippen LogP contribution in [0.15, 0.2) is 71.6 Å². The van der Waals surface area contributed by atoms with E-state index in [0.29, 0.717) is 10.5 Å². The van der Waals surface area contributed by atoms with Crippen LogP contribution in [0, 0.1) is 5.92 Å². The van der Waals surface area contributed by atoms with Crippen molar-refractivity contribution in [3.8, 4) is 5.75 Å². The van der Waals surface area contributed by atoms with E-state index in [4.69, 9.17) is 16.3 Å². The second-order valence-electron chi connectivity index (χ2n) is 10.5. The van der Waals surface area contributed by atoms with E-state index < -0.39 is 28.1 Å². The number of rotatable bonds is 8. The minimum atomic E-state index is -3.90. The Labute approximate surface area is 258 Å². The highest BCUT2D eigenvalue weighted by molar-refractivity contribution is 7.89. The number of carbonyl (C=O) groups excluding carboxylic acids is 2. The number of aliphatic hydroxyl groups excluding tert-OH is 1. The van der Waals surface area contributed by atoms with Crippen LogP contribution in [0.25, 0.3) is 10.2 Å². The highest BCUT2D eigenvalue weighted by Crippen LogP contribution is 2.36. The molecule has 3 aromatic carbocycles. The number of hydrogen-bond donors (Lipinski definition) is 2. The van der Waals surface area contributed by atoms with Crippen LogP contribution in [0.1, 0.15) is 34.0 Å². The predicted molar refractivity (Wildman–Crippen MR) is 166 cm³/mol. The number of thiazole rings is 1. The number of fused-ring (bicyclic) bond motifs is 2. The summed E-state index contributed by atoms with van der Waals surface area (Å²) < 4.78 is 35.3. The van der Waals surface area contributed by atoms with E-state index in [1.54, 1.807) is 30.0 Å². The molecule has 0 fully saturated rings. The van der Waals surface area contributed by atoms with Crippen molar-refractivity contribution in [3.63, 3.8) is 0 Å². The molecule has 226 valence electrons. The molecule has 43 heavy (non-hydrogen) atoms. The lowest BCUT2D eigenvalue weighted by molar-refractivity contribution is 0.0388. The number of likely N-dealkylation sites (N-methyl/N-ethyl adjacent to an activating group) is 1. The van der Waals surface area contributed by atoms with Crippen LogP contribution < -0.4 is 10.1 Å². The molecule has 2 N–H and O–H groups in total. The zero-order chi connectivity index (χ0) is 30.9. The molecule has 1 aliphatic heterocycles. The second kappa shape index (κ2) is 12.6. The van der Waals surface area contributed by atoms with E-state index in [1.165, 1.54) is 47.0 Å². The lowest BCUT2D eigenvalue weighted by atomic mass is 9.99. The maximum Gasteiger partial charge on any atom is 0.284 e. The topological polar surface area (TPSA) is 129 Å². The second-order valence-corrected chi connectivity index (χ2v) is 14.0. The van der Waals surface area contributed by atoms with Crippen LogP contribution in [0.2, 0.25) is 5.02 Å². The van der Waals surface area contributed by atoms with Gasteiger partial charge in [-0.2, -0.15) is 4.31 Å². The third kappa shape index (κ3) is 6.38. The zero-order valence-electron chi connectivity index (χ0n) is 23.7. The molecule has 0 unspecified atom stereocenters. The van der Waals surface area contributed by atoms with Gasteiger partial charge in [0.05, 0.1) is 45.6 Å². The highest BCUT2D eigenvalue weighted by Gasteiger charge is 2.36.